The second-order valence-electron chi connectivity index (χ2n) is 3.24. The Morgan fingerprint density at radius 1 is 1.29 bits per heavy atom. The van der Waals surface area contributed by atoms with Gasteiger partial charge in [-0.05, 0) is 12.8 Å². The van der Waals surface area contributed by atoms with Gasteiger partial charge in [0.15, 0.2) is 11.6 Å². The Morgan fingerprint density at radius 3 is 2.59 bits per heavy atom. The molecule has 0 heterocycles. The number of halogens is 3. The smallest absolute Gasteiger partial charge is 0.307 e. The molecule has 0 spiro atoms. The first-order valence-electron chi connectivity index (χ1n) is 4.88. The van der Waals surface area contributed by atoms with Crippen molar-refractivity contribution in [2.45, 2.75) is 12.8 Å². The highest BCUT2D eigenvalue weighted by Crippen LogP contribution is 2.26. The molecule has 94 valence electrons. The molecule has 0 bridgehead atoms. The molecule has 0 atom stereocenters. The number of nitro benzene ring substituents is 1. The van der Waals surface area contributed by atoms with Gasteiger partial charge in [0.25, 0.3) is 0 Å². The van der Waals surface area contributed by atoms with E-state index in [1.54, 1.807) is 0 Å². The lowest BCUT2D eigenvalue weighted by Crippen LogP contribution is -2.02. The van der Waals surface area contributed by atoms with E-state index in [2.05, 4.69) is 15.9 Å². The van der Waals surface area contributed by atoms with Crippen molar-refractivity contribution in [3.63, 3.8) is 0 Å². The highest BCUT2D eigenvalue weighted by atomic mass is 79.9. The molecule has 0 aliphatic rings. The molecular formula is C10H10BrF2NO3. The van der Waals surface area contributed by atoms with Crippen LogP contribution < -0.4 is 4.74 Å². The molecule has 1 aromatic carbocycles. The standard InChI is InChI=1S/C10H10BrF2NO3/c11-3-1-2-4-17-10-6-7(12)9(14(15)16)5-8(10)13/h5-6H,1-4H2. The lowest BCUT2D eigenvalue weighted by molar-refractivity contribution is -0.387. The van der Waals surface area contributed by atoms with Gasteiger partial charge in [-0.1, -0.05) is 15.9 Å². The van der Waals surface area contributed by atoms with Gasteiger partial charge in [-0.2, -0.15) is 4.39 Å². The van der Waals surface area contributed by atoms with E-state index in [-0.39, 0.29) is 12.4 Å². The fraction of sp³-hybridized carbons (Fsp3) is 0.400. The van der Waals surface area contributed by atoms with E-state index in [1.165, 1.54) is 0 Å². The average Bonchev–Trinajstić information content (AvgIpc) is 2.28. The predicted octanol–water partition coefficient (Wildman–Crippen LogP) is 3.43. The minimum atomic E-state index is -1.10. The Morgan fingerprint density at radius 2 is 2.00 bits per heavy atom. The summed E-state index contributed by atoms with van der Waals surface area (Å²) in [5.41, 5.74) is -0.893. The Balaban J connectivity index is 2.74. The molecule has 7 heteroatoms. The molecule has 1 rings (SSSR count). The molecule has 0 unspecified atom stereocenters. The topological polar surface area (TPSA) is 52.4 Å². The van der Waals surface area contributed by atoms with Crippen LogP contribution in [0.15, 0.2) is 12.1 Å². The fourth-order valence-electron chi connectivity index (χ4n) is 1.15. The van der Waals surface area contributed by atoms with Crippen molar-refractivity contribution < 1.29 is 18.4 Å². The van der Waals surface area contributed by atoms with E-state index in [0.717, 1.165) is 11.8 Å². The normalized spacial score (nSPS) is 10.3. The summed E-state index contributed by atoms with van der Waals surface area (Å²) in [4.78, 5) is 9.36. The number of benzene rings is 1. The summed E-state index contributed by atoms with van der Waals surface area (Å²) in [5.74, 6) is -2.34. The number of nitro groups is 1. The zero-order valence-electron chi connectivity index (χ0n) is 8.79. The van der Waals surface area contributed by atoms with E-state index in [4.69, 9.17) is 4.74 Å². The lowest BCUT2D eigenvalue weighted by atomic mass is 10.2. The summed E-state index contributed by atoms with van der Waals surface area (Å²) in [6.07, 6.45) is 1.53. The summed E-state index contributed by atoms with van der Waals surface area (Å²) in [6, 6.07) is 1.22. The van der Waals surface area contributed by atoms with Crippen molar-refractivity contribution in [3.8, 4) is 5.75 Å². The number of ether oxygens (including phenoxy) is 1. The van der Waals surface area contributed by atoms with Crippen molar-refractivity contribution in [1.29, 1.82) is 0 Å². The first-order valence-corrected chi connectivity index (χ1v) is 6.00. The van der Waals surface area contributed by atoms with Gasteiger partial charge in [-0.25, -0.2) is 4.39 Å². The maximum Gasteiger partial charge on any atom is 0.307 e. The SMILES string of the molecule is O=[N+]([O-])c1cc(F)c(OCCCCBr)cc1F. The molecule has 0 aromatic heterocycles. The molecule has 0 aliphatic carbocycles. The molecule has 4 nitrogen and oxygen atoms in total. The van der Waals surface area contributed by atoms with E-state index >= 15 is 0 Å². The van der Waals surface area contributed by atoms with Gasteiger partial charge in [0.1, 0.15) is 0 Å². The molecule has 0 saturated carbocycles. The fourth-order valence-corrected chi connectivity index (χ4v) is 1.54. The molecule has 0 amide bonds. The van der Waals surface area contributed by atoms with Crippen LogP contribution in [-0.4, -0.2) is 16.9 Å². The van der Waals surface area contributed by atoms with Gasteiger partial charge in [0.2, 0.25) is 5.82 Å². The predicted molar refractivity (Wildman–Crippen MR) is 61.5 cm³/mol. The minimum Gasteiger partial charge on any atom is -0.490 e. The molecule has 0 N–H and O–H groups in total. The van der Waals surface area contributed by atoms with Crippen molar-refractivity contribution in [3.05, 3.63) is 33.9 Å². The Labute approximate surface area is 105 Å². The highest BCUT2D eigenvalue weighted by molar-refractivity contribution is 9.09. The monoisotopic (exact) mass is 309 g/mol. The minimum absolute atomic E-state index is 0.236. The number of nitrogens with zero attached hydrogens (tertiary/aromatic N) is 1. The van der Waals surface area contributed by atoms with E-state index in [9.17, 15) is 18.9 Å². The molecule has 0 saturated heterocycles. The summed E-state index contributed by atoms with van der Waals surface area (Å²) in [7, 11) is 0. The van der Waals surface area contributed by atoms with Crippen LogP contribution in [0, 0.1) is 21.7 Å². The van der Waals surface area contributed by atoms with Crippen LogP contribution in [0.2, 0.25) is 0 Å². The molecular weight excluding hydrogens is 300 g/mol. The Bertz CT molecular complexity index is 415. The van der Waals surface area contributed by atoms with Gasteiger partial charge in [0, 0.05) is 11.4 Å². The van der Waals surface area contributed by atoms with E-state index in [0.29, 0.717) is 18.6 Å². The van der Waals surface area contributed by atoms with Crippen LogP contribution in [-0.2, 0) is 0 Å². The second-order valence-corrected chi connectivity index (χ2v) is 4.03. The number of hydrogen-bond donors (Lipinski definition) is 0. The zero-order chi connectivity index (χ0) is 12.8. The molecule has 0 radical (unpaired) electrons. The molecule has 1 aromatic rings. The third-order valence-electron chi connectivity index (χ3n) is 1.98. The number of hydrogen-bond acceptors (Lipinski definition) is 3. The van der Waals surface area contributed by atoms with Gasteiger partial charge in [-0.3, -0.25) is 10.1 Å². The Kier molecular flexibility index (Phi) is 5.27. The van der Waals surface area contributed by atoms with Gasteiger partial charge in [0.05, 0.1) is 17.6 Å². The highest BCUT2D eigenvalue weighted by Gasteiger charge is 2.19. The molecule has 0 aliphatic heterocycles. The largest absolute Gasteiger partial charge is 0.490 e. The van der Waals surface area contributed by atoms with Crippen LogP contribution in [0.25, 0.3) is 0 Å². The number of unbranched alkanes of at least 4 members (excludes halogenated alkanes) is 1. The maximum atomic E-state index is 13.3. The summed E-state index contributed by atoms with van der Waals surface area (Å²) < 4.78 is 31.5. The van der Waals surface area contributed by atoms with Gasteiger partial charge < -0.3 is 4.74 Å². The summed E-state index contributed by atoms with van der Waals surface area (Å²) >= 11 is 3.22. The second kappa shape index (κ2) is 6.48. The quantitative estimate of drug-likeness (QED) is 0.350. The number of alkyl halides is 1. The van der Waals surface area contributed by atoms with Gasteiger partial charge in [-0.15, -0.1) is 0 Å². The maximum absolute atomic E-state index is 13.3. The van der Waals surface area contributed by atoms with Crippen LogP contribution >= 0.6 is 15.9 Å². The van der Waals surface area contributed by atoms with Crippen LogP contribution in [0.3, 0.4) is 0 Å². The Hall–Kier alpha value is -1.24. The number of rotatable bonds is 6. The van der Waals surface area contributed by atoms with Crippen molar-refractivity contribution in [2.24, 2.45) is 0 Å². The van der Waals surface area contributed by atoms with Crippen LogP contribution in [0.4, 0.5) is 14.5 Å². The average molecular weight is 310 g/mol. The first-order chi connectivity index (χ1) is 8.06. The lowest BCUT2D eigenvalue weighted by Gasteiger charge is -2.06. The van der Waals surface area contributed by atoms with E-state index < -0.39 is 22.2 Å². The summed E-state index contributed by atoms with van der Waals surface area (Å²) in [6.45, 7) is 0.236. The van der Waals surface area contributed by atoms with Gasteiger partial charge >= 0.3 is 5.69 Å². The first kappa shape index (κ1) is 13.8. The van der Waals surface area contributed by atoms with E-state index in [1.807, 2.05) is 0 Å². The van der Waals surface area contributed by atoms with Crippen molar-refractivity contribution in [1.82, 2.24) is 0 Å². The van der Waals surface area contributed by atoms with Crippen molar-refractivity contribution in [2.75, 3.05) is 11.9 Å². The molecule has 17 heavy (non-hydrogen) atoms. The third-order valence-corrected chi connectivity index (χ3v) is 2.54. The molecule has 0 fully saturated rings. The van der Waals surface area contributed by atoms with Crippen LogP contribution in [0.5, 0.6) is 5.75 Å². The van der Waals surface area contributed by atoms with Crippen LogP contribution in [0.1, 0.15) is 12.8 Å². The summed E-state index contributed by atoms with van der Waals surface area (Å²) in [5, 5.41) is 11.1. The zero-order valence-corrected chi connectivity index (χ0v) is 10.4. The van der Waals surface area contributed by atoms with Crippen molar-refractivity contribution >= 4 is 21.6 Å². The third kappa shape index (κ3) is 3.92.